The molecule has 0 aliphatic carbocycles. The van der Waals surface area contributed by atoms with E-state index in [9.17, 15) is 4.79 Å². The summed E-state index contributed by atoms with van der Waals surface area (Å²) < 4.78 is 6.88. The first-order chi connectivity index (χ1) is 8.79. The summed E-state index contributed by atoms with van der Waals surface area (Å²) in [6, 6.07) is 7.18. The second kappa shape index (κ2) is 5.76. The average Bonchev–Trinajstić information content (AvgIpc) is 2.91. The molecule has 0 unspecified atom stereocenters. The summed E-state index contributed by atoms with van der Waals surface area (Å²) in [5, 5.41) is 13.5. The van der Waals surface area contributed by atoms with Crippen molar-refractivity contribution in [2.45, 2.75) is 6.92 Å². The molecule has 1 amide bonds. The summed E-state index contributed by atoms with van der Waals surface area (Å²) in [7, 11) is 0. The van der Waals surface area contributed by atoms with Crippen molar-refractivity contribution >= 4 is 5.91 Å². The number of rotatable bonds is 5. The number of nitrogens with one attached hydrogen (secondary N) is 1. The van der Waals surface area contributed by atoms with Gasteiger partial charge in [-0.05, 0) is 29.5 Å². The van der Waals surface area contributed by atoms with Crippen LogP contribution in [0.4, 0.5) is 0 Å². The van der Waals surface area contributed by atoms with E-state index >= 15 is 0 Å². The van der Waals surface area contributed by atoms with Gasteiger partial charge in [-0.1, -0.05) is 6.07 Å². The van der Waals surface area contributed by atoms with E-state index in [2.05, 4.69) is 20.8 Å². The van der Waals surface area contributed by atoms with E-state index in [0.717, 1.165) is 5.69 Å². The predicted octanol–water partition coefficient (Wildman–Crippen LogP) is 0.177. The van der Waals surface area contributed by atoms with Gasteiger partial charge in [0.1, 0.15) is 12.1 Å². The van der Waals surface area contributed by atoms with Gasteiger partial charge in [0, 0.05) is 12.6 Å². The maximum Gasteiger partial charge on any atom is 0.257 e. The van der Waals surface area contributed by atoms with E-state index < -0.39 is 0 Å². The highest BCUT2D eigenvalue weighted by atomic mass is 16.5. The highest BCUT2D eigenvalue weighted by Gasteiger charge is 2.03. The van der Waals surface area contributed by atoms with Crippen LogP contribution in [0, 0.1) is 0 Å². The Labute approximate surface area is 104 Å². The molecule has 0 fully saturated rings. The van der Waals surface area contributed by atoms with E-state index in [1.807, 2.05) is 19.1 Å². The summed E-state index contributed by atoms with van der Waals surface area (Å²) in [5.41, 5.74) is 0.772. The Kier molecular flexibility index (Phi) is 3.85. The van der Waals surface area contributed by atoms with Crippen molar-refractivity contribution in [3.63, 3.8) is 0 Å². The van der Waals surface area contributed by atoms with Crippen LogP contribution >= 0.6 is 0 Å². The van der Waals surface area contributed by atoms with Crippen LogP contribution < -0.4 is 10.1 Å². The molecule has 1 aromatic carbocycles. The van der Waals surface area contributed by atoms with Gasteiger partial charge >= 0.3 is 0 Å². The average molecular weight is 247 g/mol. The van der Waals surface area contributed by atoms with E-state index in [4.69, 9.17) is 4.74 Å². The third-order valence-corrected chi connectivity index (χ3v) is 2.18. The normalized spacial score (nSPS) is 10.1. The molecule has 0 aliphatic heterocycles. The first-order valence-electron chi connectivity index (χ1n) is 5.52. The van der Waals surface area contributed by atoms with Gasteiger partial charge in [-0.2, -0.15) is 0 Å². The van der Waals surface area contributed by atoms with Gasteiger partial charge < -0.3 is 10.1 Å². The lowest BCUT2D eigenvalue weighted by Crippen LogP contribution is -2.28. The van der Waals surface area contributed by atoms with Gasteiger partial charge in [-0.3, -0.25) is 4.79 Å². The number of likely N-dealkylation sites (N-methyl/N-ethyl adjacent to an activating group) is 1. The van der Waals surface area contributed by atoms with E-state index in [1.54, 1.807) is 12.1 Å². The molecule has 1 aromatic heterocycles. The molecule has 0 saturated heterocycles. The molecule has 0 spiro atoms. The van der Waals surface area contributed by atoms with Crippen LogP contribution in [0.5, 0.6) is 5.75 Å². The fourth-order valence-electron chi connectivity index (χ4n) is 1.39. The molecule has 7 nitrogen and oxygen atoms in total. The number of aromatic nitrogens is 4. The summed E-state index contributed by atoms with van der Waals surface area (Å²) >= 11 is 0. The molecular weight excluding hydrogens is 234 g/mol. The van der Waals surface area contributed by atoms with E-state index in [-0.39, 0.29) is 12.5 Å². The molecule has 1 N–H and O–H groups in total. The molecule has 94 valence electrons. The maximum absolute atomic E-state index is 11.3. The molecule has 18 heavy (non-hydrogen) atoms. The standard InChI is InChI=1S/C11H13N5O2/c1-2-12-11(17)7-18-10-5-3-4-9(6-10)16-8-13-14-15-16/h3-6,8H,2,7H2,1H3,(H,12,17). The zero-order valence-electron chi connectivity index (χ0n) is 9.91. The number of amides is 1. The molecule has 2 rings (SSSR count). The van der Waals surface area contributed by atoms with Crippen molar-refractivity contribution in [2.75, 3.05) is 13.2 Å². The maximum atomic E-state index is 11.3. The number of hydrogen-bond acceptors (Lipinski definition) is 5. The lowest BCUT2D eigenvalue weighted by atomic mass is 10.3. The minimum atomic E-state index is -0.148. The SMILES string of the molecule is CCNC(=O)COc1cccc(-n2cnnn2)c1. The van der Waals surface area contributed by atoms with Crippen LogP contribution in [0.1, 0.15) is 6.92 Å². The number of ether oxygens (including phenoxy) is 1. The number of tetrazole rings is 1. The van der Waals surface area contributed by atoms with Crippen LogP contribution in [0.25, 0.3) is 5.69 Å². The summed E-state index contributed by atoms with van der Waals surface area (Å²) in [5.74, 6) is 0.444. The van der Waals surface area contributed by atoms with Gasteiger partial charge in [0.05, 0.1) is 5.69 Å². The zero-order valence-corrected chi connectivity index (χ0v) is 9.91. The molecular formula is C11H13N5O2. The number of carbonyl (C=O) groups is 1. The fourth-order valence-corrected chi connectivity index (χ4v) is 1.39. The Morgan fingerprint density at radius 1 is 1.50 bits per heavy atom. The Bertz CT molecular complexity index is 512. The molecule has 0 bridgehead atoms. The topological polar surface area (TPSA) is 81.9 Å². The molecule has 7 heteroatoms. The number of nitrogens with zero attached hydrogens (tertiary/aromatic N) is 4. The van der Waals surface area contributed by atoms with Crippen molar-refractivity contribution in [3.05, 3.63) is 30.6 Å². The number of benzene rings is 1. The van der Waals surface area contributed by atoms with Crippen LogP contribution in [0.3, 0.4) is 0 Å². The first-order valence-corrected chi connectivity index (χ1v) is 5.52. The number of carbonyl (C=O) groups excluding carboxylic acids is 1. The smallest absolute Gasteiger partial charge is 0.257 e. The zero-order chi connectivity index (χ0) is 12.8. The highest BCUT2D eigenvalue weighted by molar-refractivity contribution is 5.77. The third kappa shape index (κ3) is 3.03. The quantitative estimate of drug-likeness (QED) is 0.814. The minimum Gasteiger partial charge on any atom is -0.484 e. The Hall–Kier alpha value is -2.44. The van der Waals surface area contributed by atoms with Crippen molar-refractivity contribution in [1.29, 1.82) is 0 Å². The molecule has 0 aliphatic rings. The van der Waals surface area contributed by atoms with Crippen LogP contribution in [0.2, 0.25) is 0 Å². The van der Waals surface area contributed by atoms with E-state index in [1.165, 1.54) is 11.0 Å². The Balaban J connectivity index is 2.02. The monoisotopic (exact) mass is 247 g/mol. The molecule has 1 heterocycles. The Morgan fingerprint density at radius 3 is 3.11 bits per heavy atom. The molecule has 0 atom stereocenters. The van der Waals surface area contributed by atoms with Crippen LogP contribution in [-0.4, -0.2) is 39.3 Å². The van der Waals surface area contributed by atoms with Gasteiger partial charge in [0.15, 0.2) is 6.61 Å². The lowest BCUT2D eigenvalue weighted by Gasteiger charge is -2.07. The van der Waals surface area contributed by atoms with Gasteiger partial charge in [0.25, 0.3) is 5.91 Å². The molecule has 2 aromatic rings. The number of hydrogen-bond donors (Lipinski definition) is 1. The summed E-state index contributed by atoms with van der Waals surface area (Å²) in [6.45, 7) is 2.44. The molecule has 0 saturated carbocycles. The van der Waals surface area contributed by atoms with Crippen molar-refractivity contribution in [1.82, 2.24) is 25.5 Å². The second-order valence-corrected chi connectivity index (χ2v) is 3.49. The van der Waals surface area contributed by atoms with Crippen molar-refractivity contribution < 1.29 is 9.53 Å². The first kappa shape index (κ1) is 12.0. The largest absolute Gasteiger partial charge is 0.484 e. The summed E-state index contributed by atoms with van der Waals surface area (Å²) in [6.07, 6.45) is 1.49. The highest BCUT2D eigenvalue weighted by Crippen LogP contribution is 2.15. The third-order valence-electron chi connectivity index (χ3n) is 2.18. The van der Waals surface area contributed by atoms with Gasteiger partial charge in [-0.25, -0.2) is 4.68 Å². The minimum absolute atomic E-state index is 0.00704. The fraction of sp³-hybridized carbons (Fsp3) is 0.273. The summed E-state index contributed by atoms with van der Waals surface area (Å²) in [4.78, 5) is 11.3. The van der Waals surface area contributed by atoms with Crippen LogP contribution in [-0.2, 0) is 4.79 Å². The lowest BCUT2D eigenvalue weighted by molar-refractivity contribution is -0.122. The van der Waals surface area contributed by atoms with Gasteiger partial charge in [0.2, 0.25) is 0 Å². The Morgan fingerprint density at radius 2 is 2.39 bits per heavy atom. The van der Waals surface area contributed by atoms with Gasteiger partial charge in [-0.15, -0.1) is 5.10 Å². The van der Waals surface area contributed by atoms with Crippen molar-refractivity contribution in [2.24, 2.45) is 0 Å². The predicted molar refractivity (Wildman–Crippen MR) is 63.3 cm³/mol. The second-order valence-electron chi connectivity index (χ2n) is 3.49. The molecule has 0 radical (unpaired) electrons. The van der Waals surface area contributed by atoms with Crippen molar-refractivity contribution in [3.8, 4) is 11.4 Å². The van der Waals surface area contributed by atoms with E-state index in [0.29, 0.717) is 12.3 Å². The van der Waals surface area contributed by atoms with Crippen LogP contribution in [0.15, 0.2) is 30.6 Å².